The van der Waals surface area contributed by atoms with Crippen molar-refractivity contribution in [1.29, 1.82) is 0 Å². The normalized spacial score (nSPS) is 19.2. The lowest BCUT2D eigenvalue weighted by Crippen LogP contribution is -2.46. The highest BCUT2D eigenvalue weighted by atomic mass is 35.5. The number of hydrogen-bond donors (Lipinski definition) is 0. The van der Waals surface area contributed by atoms with Gasteiger partial charge in [0.05, 0.1) is 17.8 Å². The van der Waals surface area contributed by atoms with Crippen LogP contribution in [0.3, 0.4) is 0 Å². The monoisotopic (exact) mass is 312 g/mol. The minimum Gasteiger partial charge on any atom is -0.487 e. The minimum atomic E-state index is -0.484. The van der Waals surface area contributed by atoms with E-state index < -0.39 is 5.60 Å². The van der Waals surface area contributed by atoms with Crippen LogP contribution in [0.15, 0.2) is 18.5 Å². The number of nitrogens with zero attached hydrogens (tertiary/aromatic N) is 2. The zero-order valence-corrected chi connectivity index (χ0v) is 13.4. The smallest absolute Gasteiger partial charge is 0.410 e. The zero-order chi connectivity index (χ0) is 15.5. The van der Waals surface area contributed by atoms with Crippen LogP contribution in [0, 0.1) is 0 Å². The first kappa shape index (κ1) is 15.9. The second kappa shape index (κ2) is 6.52. The van der Waals surface area contributed by atoms with Gasteiger partial charge < -0.3 is 14.4 Å². The highest BCUT2D eigenvalue weighted by molar-refractivity contribution is 6.30. The van der Waals surface area contributed by atoms with Crippen molar-refractivity contribution in [3.63, 3.8) is 0 Å². The van der Waals surface area contributed by atoms with Crippen LogP contribution in [0.4, 0.5) is 4.79 Å². The summed E-state index contributed by atoms with van der Waals surface area (Å²) in [5.74, 6) is 0.624. The second-order valence-corrected chi connectivity index (χ2v) is 6.58. The van der Waals surface area contributed by atoms with Gasteiger partial charge in [0.2, 0.25) is 0 Å². The molecule has 0 aliphatic carbocycles. The number of carbonyl (C=O) groups excluding carboxylic acids is 1. The molecule has 1 unspecified atom stereocenters. The van der Waals surface area contributed by atoms with E-state index in [0.717, 1.165) is 12.8 Å². The molecule has 1 aromatic rings. The molecule has 21 heavy (non-hydrogen) atoms. The lowest BCUT2D eigenvalue weighted by atomic mass is 10.1. The summed E-state index contributed by atoms with van der Waals surface area (Å²) in [4.78, 5) is 17.8. The number of likely N-dealkylation sites (tertiary alicyclic amines) is 1. The quantitative estimate of drug-likeness (QED) is 0.838. The molecule has 0 radical (unpaired) electrons. The summed E-state index contributed by atoms with van der Waals surface area (Å²) >= 11 is 5.89. The Morgan fingerprint density at radius 1 is 1.43 bits per heavy atom. The highest BCUT2D eigenvalue weighted by Crippen LogP contribution is 2.21. The SMILES string of the molecule is CC(C)(C)OC(=O)N1CCCC(Oc2cncc(Cl)c2)C1. The van der Waals surface area contributed by atoms with Gasteiger partial charge in [-0.25, -0.2) is 4.79 Å². The summed E-state index contributed by atoms with van der Waals surface area (Å²) in [6.45, 7) is 6.80. The van der Waals surface area contributed by atoms with Crippen LogP contribution in [-0.2, 0) is 4.74 Å². The lowest BCUT2D eigenvalue weighted by Gasteiger charge is -2.34. The number of carbonyl (C=O) groups is 1. The fraction of sp³-hybridized carbons (Fsp3) is 0.600. The van der Waals surface area contributed by atoms with Gasteiger partial charge >= 0.3 is 6.09 Å². The molecule has 1 saturated heterocycles. The summed E-state index contributed by atoms with van der Waals surface area (Å²) in [6.07, 6.45) is 4.61. The highest BCUT2D eigenvalue weighted by Gasteiger charge is 2.28. The van der Waals surface area contributed by atoms with Gasteiger partial charge in [-0.05, 0) is 33.6 Å². The Kier molecular flexibility index (Phi) is 4.93. The minimum absolute atomic E-state index is 0.0634. The van der Waals surface area contributed by atoms with Crippen molar-refractivity contribution in [2.45, 2.75) is 45.3 Å². The molecule has 0 bridgehead atoms. The number of aromatic nitrogens is 1. The van der Waals surface area contributed by atoms with Crippen LogP contribution in [0.2, 0.25) is 5.02 Å². The summed E-state index contributed by atoms with van der Waals surface area (Å²) in [5, 5.41) is 0.535. The van der Waals surface area contributed by atoms with E-state index >= 15 is 0 Å². The predicted octanol–water partition coefficient (Wildman–Crippen LogP) is 3.51. The molecule has 0 saturated carbocycles. The number of amides is 1. The predicted molar refractivity (Wildman–Crippen MR) is 80.7 cm³/mol. The Morgan fingerprint density at radius 3 is 2.86 bits per heavy atom. The first-order chi connectivity index (χ1) is 9.83. The molecule has 6 heteroatoms. The Bertz CT molecular complexity index is 502. The maximum Gasteiger partial charge on any atom is 0.410 e. The van der Waals surface area contributed by atoms with E-state index in [-0.39, 0.29) is 12.2 Å². The van der Waals surface area contributed by atoms with E-state index in [9.17, 15) is 4.79 Å². The van der Waals surface area contributed by atoms with Gasteiger partial charge in [-0.3, -0.25) is 4.98 Å². The Balaban J connectivity index is 1.93. The van der Waals surface area contributed by atoms with Gasteiger partial charge in [-0.1, -0.05) is 11.6 Å². The van der Waals surface area contributed by atoms with Crippen molar-refractivity contribution in [2.24, 2.45) is 0 Å². The first-order valence-corrected chi connectivity index (χ1v) is 7.46. The molecule has 1 amide bonds. The molecule has 2 rings (SSSR count). The Labute approximate surface area is 130 Å². The van der Waals surface area contributed by atoms with Crippen LogP contribution in [0.25, 0.3) is 0 Å². The standard InChI is InChI=1S/C15H21ClN2O3/c1-15(2,3)21-14(19)18-6-4-5-12(10-18)20-13-7-11(16)8-17-9-13/h7-9,12H,4-6,10H2,1-3H3. The van der Waals surface area contributed by atoms with Crippen LogP contribution < -0.4 is 4.74 Å². The third kappa shape index (κ3) is 5.08. The number of hydrogen-bond acceptors (Lipinski definition) is 4. The fourth-order valence-corrected chi connectivity index (χ4v) is 2.34. The number of halogens is 1. The summed E-state index contributed by atoms with van der Waals surface area (Å²) in [6, 6.07) is 1.72. The molecule has 1 aliphatic rings. The number of pyridine rings is 1. The summed E-state index contributed by atoms with van der Waals surface area (Å²) in [5.41, 5.74) is -0.484. The Morgan fingerprint density at radius 2 is 2.19 bits per heavy atom. The maximum absolute atomic E-state index is 12.1. The van der Waals surface area contributed by atoms with Crippen LogP contribution in [0.1, 0.15) is 33.6 Å². The van der Waals surface area contributed by atoms with Gasteiger partial charge in [0.15, 0.2) is 0 Å². The van der Waals surface area contributed by atoms with Crippen LogP contribution >= 0.6 is 11.6 Å². The van der Waals surface area contributed by atoms with Crippen molar-refractivity contribution >= 4 is 17.7 Å². The topological polar surface area (TPSA) is 51.7 Å². The third-order valence-corrected chi connectivity index (χ3v) is 3.22. The van der Waals surface area contributed by atoms with E-state index in [2.05, 4.69) is 4.98 Å². The van der Waals surface area contributed by atoms with Gasteiger partial charge in [-0.15, -0.1) is 0 Å². The third-order valence-electron chi connectivity index (χ3n) is 3.01. The van der Waals surface area contributed by atoms with Gasteiger partial charge in [0.25, 0.3) is 0 Å². The average Bonchev–Trinajstić information content (AvgIpc) is 2.37. The summed E-state index contributed by atoms with van der Waals surface area (Å²) in [7, 11) is 0. The molecule has 116 valence electrons. The molecule has 1 fully saturated rings. The largest absolute Gasteiger partial charge is 0.487 e. The molecule has 0 N–H and O–H groups in total. The van der Waals surface area contributed by atoms with Crippen molar-refractivity contribution in [3.8, 4) is 5.75 Å². The molecule has 1 aromatic heterocycles. The molecule has 0 spiro atoms. The number of piperidine rings is 1. The van der Waals surface area contributed by atoms with Gasteiger partial charge in [0.1, 0.15) is 17.5 Å². The molecule has 1 atom stereocenters. The van der Waals surface area contributed by atoms with E-state index in [4.69, 9.17) is 21.1 Å². The molecule has 5 nitrogen and oxygen atoms in total. The molecule has 2 heterocycles. The number of rotatable bonds is 2. The Hall–Kier alpha value is -1.49. The first-order valence-electron chi connectivity index (χ1n) is 7.08. The van der Waals surface area contributed by atoms with Gasteiger partial charge in [0, 0.05) is 18.8 Å². The summed E-state index contributed by atoms with van der Waals surface area (Å²) < 4.78 is 11.2. The average molecular weight is 313 g/mol. The lowest BCUT2D eigenvalue weighted by molar-refractivity contribution is 0.00772. The van der Waals surface area contributed by atoms with Gasteiger partial charge in [-0.2, -0.15) is 0 Å². The van der Waals surface area contributed by atoms with Crippen molar-refractivity contribution in [2.75, 3.05) is 13.1 Å². The van der Waals surface area contributed by atoms with E-state index in [1.54, 1.807) is 23.4 Å². The van der Waals surface area contributed by atoms with Crippen LogP contribution in [0.5, 0.6) is 5.75 Å². The van der Waals surface area contributed by atoms with Crippen molar-refractivity contribution < 1.29 is 14.3 Å². The molecule has 0 aromatic carbocycles. The molecular weight excluding hydrogens is 292 g/mol. The van der Waals surface area contributed by atoms with Crippen LogP contribution in [-0.4, -0.2) is 40.8 Å². The van der Waals surface area contributed by atoms with Crippen molar-refractivity contribution in [3.05, 3.63) is 23.5 Å². The second-order valence-electron chi connectivity index (χ2n) is 6.15. The maximum atomic E-state index is 12.1. The molecular formula is C15H21ClN2O3. The van der Waals surface area contributed by atoms with E-state index in [1.165, 1.54) is 0 Å². The van der Waals surface area contributed by atoms with E-state index in [0.29, 0.717) is 23.9 Å². The fourth-order valence-electron chi connectivity index (χ4n) is 2.18. The zero-order valence-electron chi connectivity index (χ0n) is 12.6. The number of ether oxygens (including phenoxy) is 2. The van der Waals surface area contributed by atoms with E-state index in [1.807, 2.05) is 20.8 Å². The van der Waals surface area contributed by atoms with Crippen molar-refractivity contribution in [1.82, 2.24) is 9.88 Å². The molecule has 1 aliphatic heterocycles.